The van der Waals surface area contributed by atoms with Crippen LogP contribution in [-0.2, 0) is 34.4 Å². The minimum atomic E-state index is -0.271. The van der Waals surface area contributed by atoms with Crippen molar-refractivity contribution in [3.8, 4) is 0 Å². The Hall–Kier alpha value is -0.280. The van der Waals surface area contributed by atoms with E-state index in [0.717, 1.165) is 0 Å². The zero-order valence-electron chi connectivity index (χ0n) is 12.7. The highest BCUT2D eigenvalue weighted by atomic mass is 17.8. The Morgan fingerprint density at radius 2 is 1.00 bits per heavy atom. The summed E-state index contributed by atoms with van der Waals surface area (Å²) in [5, 5.41) is 12.8. The zero-order valence-corrected chi connectivity index (χ0v) is 12.7. The molecule has 0 spiro atoms. The van der Waals surface area contributed by atoms with Crippen LogP contribution in [0.15, 0.2) is 0 Å². The van der Waals surface area contributed by atoms with Crippen molar-refractivity contribution in [3.63, 3.8) is 0 Å². The van der Waals surface area contributed by atoms with Gasteiger partial charge < -0.3 is 9.47 Å². The molecule has 0 amide bonds. The van der Waals surface area contributed by atoms with Gasteiger partial charge in [-0.1, -0.05) is 0 Å². The van der Waals surface area contributed by atoms with Crippen LogP contribution in [0, 0.1) is 0 Å². The summed E-state index contributed by atoms with van der Waals surface area (Å²) in [6.45, 7) is 8.37. The van der Waals surface area contributed by atoms with Gasteiger partial charge in [-0.05, 0) is 42.8 Å². The molecule has 116 valence electrons. The molecule has 0 bridgehead atoms. The van der Waals surface area contributed by atoms with Gasteiger partial charge in [0.2, 0.25) is 0 Å². The Morgan fingerprint density at radius 3 is 1.32 bits per heavy atom. The van der Waals surface area contributed by atoms with E-state index < -0.39 is 0 Å². The molecule has 0 saturated carbocycles. The lowest BCUT2D eigenvalue weighted by atomic mass is 10.1. The predicted octanol–water partition coefficient (Wildman–Crippen LogP) is 2.36. The lowest BCUT2D eigenvalue weighted by Crippen LogP contribution is -2.25. The Morgan fingerprint density at radius 1 is 0.632 bits per heavy atom. The average molecular weight is 282 g/mol. The maximum atomic E-state index is 5.20. The molecule has 0 radical (unpaired) electrons. The van der Waals surface area contributed by atoms with Crippen LogP contribution < -0.4 is 0 Å². The first kappa shape index (κ1) is 18.7. The predicted molar refractivity (Wildman–Crippen MR) is 66.6 cm³/mol. The van der Waals surface area contributed by atoms with Gasteiger partial charge in [0.25, 0.3) is 0 Å². The molecule has 0 atom stereocenters. The zero-order chi connectivity index (χ0) is 14.8. The van der Waals surface area contributed by atoms with Gasteiger partial charge in [-0.25, -0.2) is 9.78 Å². The van der Waals surface area contributed by atoms with Crippen LogP contribution in [0.25, 0.3) is 0 Å². The van der Waals surface area contributed by atoms with Gasteiger partial charge in [-0.15, -0.1) is 0 Å². The maximum Gasteiger partial charge on any atom is 0.0882 e. The summed E-state index contributed by atoms with van der Waals surface area (Å²) in [4.78, 5) is 9.42. The molecule has 0 aliphatic carbocycles. The average Bonchev–Trinajstić information content (AvgIpc) is 2.36. The lowest BCUT2D eigenvalue weighted by molar-refractivity contribution is -0.708. The standard InChI is InChI=1S/C12H26O7/c1-11(2,13-5)7-9-15-17-19-18-16-10-8-12(3,4)14-6/h7-10H2,1-6H3. The molecule has 0 N–H and O–H groups in total. The number of ether oxygens (including phenoxy) is 2. The molecule has 0 aliphatic heterocycles. The third kappa shape index (κ3) is 11.3. The van der Waals surface area contributed by atoms with Gasteiger partial charge in [0.05, 0.1) is 24.4 Å². The fraction of sp³-hybridized carbons (Fsp3) is 1.00. The number of methoxy groups -OCH3 is 2. The van der Waals surface area contributed by atoms with Crippen LogP contribution in [-0.4, -0.2) is 38.6 Å². The van der Waals surface area contributed by atoms with Crippen LogP contribution >= 0.6 is 0 Å². The summed E-state index contributed by atoms with van der Waals surface area (Å²) >= 11 is 0. The number of hydrogen-bond donors (Lipinski definition) is 0. The molecular weight excluding hydrogens is 256 g/mol. The summed E-state index contributed by atoms with van der Waals surface area (Å²) in [5.74, 6) is 0. The van der Waals surface area contributed by atoms with Gasteiger partial charge in [-0.3, -0.25) is 0 Å². The molecule has 0 heterocycles. The second-order valence-corrected chi connectivity index (χ2v) is 5.28. The molecule has 0 aromatic carbocycles. The fourth-order valence-electron chi connectivity index (χ4n) is 0.898. The molecule has 0 saturated heterocycles. The monoisotopic (exact) mass is 282 g/mol. The van der Waals surface area contributed by atoms with Crippen LogP contribution in [0.2, 0.25) is 0 Å². The highest BCUT2D eigenvalue weighted by Crippen LogP contribution is 2.13. The van der Waals surface area contributed by atoms with Crippen molar-refractivity contribution >= 4 is 0 Å². The molecule has 0 aromatic heterocycles. The molecule has 7 nitrogen and oxygen atoms in total. The molecule has 7 heteroatoms. The van der Waals surface area contributed by atoms with Crippen molar-refractivity contribution in [2.75, 3.05) is 27.4 Å². The lowest BCUT2D eigenvalue weighted by Gasteiger charge is -2.21. The van der Waals surface area contributed by atoms with Crippen LogP contribution in [0.3, 0.4) is 0 Å². The van der Waals surface area contributed by atoms with Crippen LogP contribution in [0.1, 0.15) is 40.5 Å². The summed E-state index contributed by atoms with van der Waals surface area (Å²) < 4.78 is 10.4. The third-order valence-corrected chi connectivity index (χ3v) is 2.83. The fourth-order valence-corrected chi connectivity index (χ4v) is 0.898. The van der Waals surface area contributed by atoms with E-state index in [-0.39, 0.29) is 11.2 Å². The van der Waals surface area contributed by atoms with E-state index >= 15 is 0 Å². The van der Waals surface area contributed by atoms with Crippen LogP contribution in [0.5, 0.6) is 0 Å². The van der Waals surface area contributed by atoms with Crippen molar-refractivity contribution in [1.29, 1.82) is 0 Å². The van der Waals surface area contributed by atoms with E-state index in [9.17, 15) is 0 Å². The van der Waals surface area contributed by atoms with Gasteiger partial charge in [0, 0.05) is 27.1 Å². The summed E-state index contributed by atoms with van der Waals surface area (Å²) in [6, 6.07) is 0. The Labute approximate surface area is 114 Å². The maximum absolute atomic E-state index is 5.20. The van der Waals surface area contributed by atoms with Gasteiger partial charge in [0.15, 0.2) is 0 Å². The second kappa shape index (κ2) is 9.60. The highest BCUT2D eigenvalue weighted by Gasteiger charge is 2.17. The molecule has 0 rings (SSSR count). The third-order valence-electron chi connectivity index (χ3n) is 2.83. The quantitative estimate of drug-likeness (QED) is 0.309. The first-order valence-corrected chi connectivity index (χ1v) is 6.18. The van der Waals surface area contributed by atoms with E-state index in [1.807, 2.05) is 27.7 Å². The molecule has 0 unspecified atom stereocenters. The van der Waals surface area contributed by atoms with Crippen molar-refractivity contribution in [2.45, 2.75) is 51.7 Å². The summed E-state index contributed by atoms with van der Waals surface area (Å²) in [5.41, 5.74) is -0.543. The van der Waals surface area contributed by atoms with Gasteiger partial charge >= 0.3 is 0 Å². The van der Waals surface area contributed by atoms with E-state index in [1.165, 1.54) is 0 Å². The van der Waals surface area contributed by atoms with Crippen molar-refractivity contribution in [2.24, 2.45) is 0 Å². The SMILES string of the molecule is COC(C)(C)CCOOOOOCCC(C)(C)OC. The smallest absolute Gasteiger partial charge is 0.0882 e. The topological polar surface area (TPSA) is 64.6 Å². The van der Waals surface area contributed by atoms with E-state index in [2.05, 4.69) is 15.1 Å². The highest BCUT2D eigenvalue weighted by molar-refractivity contribution is 4.66. The molecule has 19 heavy (non-hydrogen) atoms. The van der Waals surface area contributed by atoms with Gasteiger partial charge in [-0.2, -0.15) is 0 Å². The second-order valence-electron chi connectivity index (χ2n) is 5.28. The molecule has 0 fully saturated rings. The van der Waals surface area contributed by atoms with Crippen molar-refractivity contribution in [3.05, 3.63) is 0 Å². The van der Waals surface area contributed by atoms with Crippen molar-refractivity contribution in [1.82, 2.24) is 0 Å². The van der Waals surface area contributed by atoms with E-state index in [4.69, 9.17) is 19.2 Å². The minimum absolute atomic E-state index is 0.271. The summed E-state index contributed by atoms with van der Waals surface area (Å²) in [6.07, 6.45) is 1.30. The van der Waals surface area contributed by atoms with E-state index in [0.29, 0.717) is 26.1 Å². The molecule has 0 aliphatic rings. The number of hydrogen-bond acceptors (Lipinski definition) is 7. The van der Waals surface area contributed by atoms with Crippen LogP contribution in [0.4, 0.5) is 0 Å². The first-order valence-electron chi connectivity index (χ1n) is 6.18. The molecular formula is C12H26O7. The number of rotatable bonds is 12. The van der Waals surface area contributed by atoms with E-state index in [1.54, 1.807) is 14.2 Å². The van der Waals surface area contributed by atoms with Gasteiger partial charge in [0.1, 0.15) is 0 Å². The Kier molecular flexibility index (Phi) is 9.46. The first-order chi connectivity index (χ1) is 8.83. The normalized spacial score (nSPS) is 12.9. The van der Waals surface area contributed by atoms with Crippen molar-refractivity contribution < 1.29 is 34.4 Å². The molecule has 0 aromatic rings. The Bertz CT molecular complexity index is 196. The summed E-state index contributed by atoms with van der Waals surface area (Å²) in [7, 11) is 3.27. The largest absolute Gasteiger partial charge is 0.379 e. The minimum Gasteiger partial charge on any atom is -0.379 e. The Balaban J connectivity index is 3.29.